The maximum atomic E-state index is 13.8. The summed E-state index contributed by atoms with van der Waals surface area (Å²) in [5.41, 5.74) is -0.162. The summed E-state index contributed by atoms with van der Waals surface area (Å²) in [5.74, 6) is 0.871. The van der Waals surface area contributed by atoms with Crippen molar-refractivity contribution in [2.45, 2.75) is 58.1 Å². The van der Waals surface area contributed by atoms with Crippen LogP contribution in [-0.4, -0.2) is 17.9 Å². The van der Waals surface area contributed by atoms with Crippen molar-refractivity contribution in [2.24, 2.45) is 23.2 Å². The van der Waals surface area contributed by atoms with Gasteiger partial charge >= 0.3 is 5.97 Å². The van der Waals surface area contributed by atoms with E-state index >= 15 is 0 Å². The molecule has 1 aromatic rings. The molecule has 4 saturated carbocycles. The second-order valence-electron chi connectivity index (χ2n) is 8.70. The van der Waals surface area contributed by atoms with Gasteiger partial charge in [0, 0.05) is 11.0 Å². The Bertz CT molecular complexity index is 710. The molecule has 1 aromatic carbocycles. The van der Waals surface area contributed by atoms with Crippen molar-refractivity contribution < 1.29 is 18.7 Å². The van der Waals surface area contributed by atoms with Crippen LogP contribution in [0.2, 0.25) is 5.02 Å². The van der Waals surface area contributed by atoms with E-state index in [1.807, 2.05) is 0 Å². The van der Waals surface area contributed by atoms with E-state index in [2.05, 4.69) is 5.32 Å². The lowest BCUT2D eigenvalue weighted by molar-refractivity contribution is -0.154. The Morgan fingerprint density at radius 3 is 2.37 bits per heavy atom. The molecular weight excluding hydrogens is 369 g/mol. The number of benzene rings is 1. The molecule has 4 bridgehead atoms. The molecule has 5 rings (SSSR count). The number of hydrogen-bond acceptors (Lipinski definition) is 3. The zero-order valence-corrected chi connectivity index (χ0v) is 16.2. The number of carbonyl (C=O) groups excluding carboxylic acids is 2. The van der Waals surface area contributed by atoms with Gasteiger partial charge < -0.3 is 10.1 Å². The van der Waals surface area contributed by atoms with E-state index in [9.17, 15) is 14.0 Å². The molecule has 4 aliphatic rings. The molecular formula is C21H25ClFNO3. The highest BCUT2D eigenvalue weighted by molar-refractivity contribution is 6.31. The normalized spacial score (nSPS) is 32.2. The Balaban J connectivity index is 1.35. The van der Waals surface area contributed by atoms with Crippen LogP contribution in [0.1, 0.15) is 51.0 Å². The highest BCUT2D eigenvalue weighted by Crippen LogP contribution is 2.60. The Hall–Kier alpha value is -1.62. The van der Waals surface area contributed by atoms with Crippen LogP contribution in [0.25, 0.3) is 0 Å². The molecule has 0 spiro atoms. The van der Waals surface area contributed by atoms with E-state index in [0.717, 1.165) is 19.3 Å². The van der Waals surface area contributed by atoms with Gasteiger partial charge in [0.2, 0.25) is 5.91 Å². The molecule has 1 N–H and O–H groups in total. The molecule has 0 aromatic heterocycles. The fourth-order valence-electron chi connectivity index (χ4n) is 5.74. The van der Waals surface area contributed by atoms with Gasteiger partial charge in [-0.05, 0) is 75.3 Å². The Morgan fingerprint density at radius 2 is 1.81 bits per heavy atom. The van der Waals surface area contributed by atoms with Gasteiger partial charge in [0.25, 0.3) is 0 Å². The fourth-order valence-corrected chi connectivity index (χ4v) is 5.95. The average molecular weight is 394 g/mol. The predicted molar refractivity (Wildman–Crippen MR) is 99.4 cm³/mol. The first kappa shape index (κ1) is 18.7. The zero-order valence-electron chi connectivity index (χ0n) is 15.5. The van der Waals surface area contributed by atoms with Crippen molar-refractivity contribution in [3.63, 3.8) is 0 Å². The number of ether oxygens (including phenoxy) is 1. The van der Waals surface area contributed by atoms with Crippen molar-refractivity contribution >= 4 is 23.5 Å². The van der Waals surface area contributed by atoms with Crippen LogP contribution in [0, 0.1) is 29.0 Å². The molecule has 4 nitrogen and oxygen atoms in total. The summed E-state index contributed by atoms with van der Waals surface area (Å²) in [6.45, 7) is 1.37. The van der Waals surface area contributed by atoms with Gasteiger partial charge in [-0.15, -0.1) is 0 Å². The molecule has 1 amide bonds. The molecule has 0 aliphatic heterocycles. The number of amides is 1. The van der Waals surface area contributed by atoms with Gasteiger partial charge in [0.15, 0.2) is 0 Å². The number of esters is 1. The molecule has 0 radical (unpaired) electrons. The Morgan fingerprint density at radius 1 is 1.22 bits per heavy atom. The van der Waals surface area contributed by atoms with Crippen LogP contribution in [0.5, 0.6) is 0 Å². The van der Waals surface area contributed by atoms with Gasteiger partial charge in [-0.25, -0.2) is 9.18 Å². The lowest BCUT2D eigenvalue weighted by atomic mass is 9.49. The molecule has 4 aliphatic carbocycles. The molecule has 6 heteroatoms. The number of nitrogens with one attached hydrogen (secondary N) is 1. The summed E-state index contributed by atoms with van der Waals surface area (Å²) in [4.78, 5) is 25.3. The van der Waals surface area contributed by atoms with E-state index in [0.29, 0.717) is 17.8 Å². The molecule has 146 valence electrons. The minimum Gasteiger partial charge on any atom is -0.459 e. The third kappa shape index (κ3) is 3.58. The molecule has 1 unspecified atom stereocenters. The van der Waals surface area contributed by atoms with E-state index in [-0.39, 0.29) is 28.5 Å². The standard InChI is InChI=1S/C21H25ClFNO3/c1-12(19(25)27-11-16-17(22)3-2-4-18(16)23)24-20(26)21-8-13-5-14(9-21)7-15(6-13)10-21/h2-4,12-15H,5-11H2,1H3,(H,24,26). The Labute approximate surface area is 163 Å². The average Bonchev–Trinajstić information content (AvgIpc) is 2.59. The lowest BCUT2D eigenvalue weighted by Gasteiger charge is -2.55. The molecule has 27 heavy (non-hydrogen) atoms. The minimum atomic E-state index is -0.768. The maximum Gasteiger partial charge on any atom is 0.328 e. The van der Waals surface area contributed by atoms with Crippen molar-refractivity contribution in [1.82, 2.24) is 5.32 Å². The summed E-state index contributed by atoms with van der Waals surface area (Å²) >= 11 is 5.95. The summed E-state index contributed by atoms with van der Waals surface area (Å²) in [7, 11) is 0. The fraction of sp³-hybridized carbons (Fsp3) is 0.619. The lowest BCUT2D eigenvalue weighted by Crippen LogP contribution is -2.55. The SMILES string of the molecule is CC(NC(=O)C12CC3CC(CC(C3)C1)C2)C(=O)OCc1c(F)cccc1Cl. The predicted octanol–water partition coefficient (Wildman–Crippen LogP) is 4.24. The first-order chi connectivity index (χ1) is 12.9. The number of rotatable bonds is 5. The largest absolute Gasteiger partial charge is 0.459 e. The summed E-state index contributed by atoms with van der Waals surface area (Å²) in [6, 6.07) is 3.55. The van der Waals surface area contributed by atoms with Gasteiger partial charge in [-0.2, -0.15) is 0 Å². The van der Waals surface area contributed by atoms with Crippen LogP contribution in [0.15, 0.2) is 18.2 Å². The van der Waals surface area contributed by atoms with Crippen LogP contribution in [0.3, 0.4) is 0 Å². The van der Waals surface area contributed by atoms with E-state index in [1.165, 1.54) is 31.4 Å². The molecule has 1 atom stereocenters. The van der Waals surface area contributed by atoms with Gasteiger partial charge in [-0.1, -0.05) is 17.7 Å². The Kier molecular flexibility index (Phi) is 4.91. The van der Waals surface area contributed by atoms with E-state index in [1.54, 1.807) is 13.0 Å². The first-order valence-corrected chi connectivity index (χ1v) is 10.1. The van der Waals surface area contributed by atoms with Gasteiger partial charge in [-0.3, -0.25) is 4.79 Å². The highest BCUT2D eigenvalue weighted by Gasteiger charge is 2.54. The zero-order chi connectivity index (χ0) is 19.2. The van der Waals surface area contributed by atoms with E-state index in [4.69, 9.17) is 16.3 Å². The van der Waals surface area contributed by atoms with Gasteiger partial charge in [0.1, 0.15) is 18.5 Å². The van der Waals surface area contributed by atoms with Crippen LogP contribution in [-0.2, 0) is 20.9 Å². The van der Waals surface area contributed by atoms with Crippen LogP contribution < -0.4 is 5.32 Å². The third-order valence-electron chi connectivity index (χ3n) is 6.64. The van der Waals surface area contributed by atoms with Gasteiger partial charge in [0.05, 0.1) is 5.02 Å². The smallest absolute Gasteiger partial charge is 0.328 e. The molecule has 0 saturated heterocycles. The quantitative estimate of drug-likeness (QED) is 0.761. The second kappa shape index (κ2) is 7.08. The summed E-state index contributed by atoms with van der Waals surface area (Å²) in [5, 5.41) is 3.08. The number of carbonyl (C=O) groups is 2. The monoisotopic (exact) mass is 393 g/mol. The molecule has 4 fully saturated rings. The minimum absolute atomic E-state index is 0.0185. The van der Waals surface area contributed by atoms with Crippen LogP contribution in [0.4, 0.5) is 4.39 Å². The summed E-state index contributed by atoms with van der Waals surface area (Å²) < 4.78 is 19.0. The maximum absolute atomic E-state index is 13.8. The highest BCUT2D eigenvalue weighted by atomic mass is 35.5. The van der Waals surface area contributed by atoms with Crippen molar-refractivity contribution in [3.8, 4) is 0 Å². The second-order valence-corrected chi connectivity index (χ2v) is 9.11. The van der Waals surface area contributed by atoms with E-state index < -0.39 is 17.8 Å². The topological polar surface area (TPSA) is 55.4 Å². The molecule has 0 heterocycles. The van der Waals surface area contributed by atoms with Crippen LogP contribution >= 0.6 is 11.6 Å². The third-order valence-corrected chi connectivity index (χ3v) is 7.00. The first-order valence-electron chi connectivity index (χ1n) is 9.77. The van der Waals surface area contributed by atoms with Crippen molar-refractivity contribution in [2.75, 3.05) is 0 Å². The van der Waals surface area contributed by atoms with Crippen molar-refractivity contribution in [3.05, 3.63) is 34.6 Å². The number of hydrogen-bond donors (Lipinski definition) is 1. The number of halogens is 2. The summed E-state index contributed by atoms with van der Waals surface area (Å²) in [6.07, 6.45) is 6.60. The van der Waals surface area contributed by atoms with Crippen molar-refractivity contribution in [1.29, 1.82) is 0 Å².